The van der Waals surface area contributed by atoms with E-state index in [0.717, 1.165) is 0 Å². The second kappa shape index (κ2) is 4.73. The minimum atomic E-state index is -3.81. The van der Waals surface area contributed by atoms with Crippen LogP contribution in [0.2, 0.25) is 0 Å². The van der Waals surface area contributed by atoms with Crippen molar-refractivity contribution in [1.29, 1.82) is 0 Å². The van der Waals surface area contributed by atoms with Gasteiger partial charge in [-0.2, -0.15) is 8.78 Å². The first-order valence-corrected chi connectivity index (χ1v) is 4.62. The molecule has 94 valence electrons. The Hall–Kier alpha value is -1.24. The van der Waals surface area contributed by atoms with Crippen LogP contribution in [0.25, 0.3) is 0 Å². The number of nitrogens with two attached hydrogens (primary N) is 2. The molecule has 0 saturated carbocycles. The predicted molar refractivity (Wildman–Crippen MR) is 52.6 cm³/mol. The molecule has 1 atom stereocenters. The molecule has 1 unspecified atom stereocenters. The number of hydrogen-bond donors (Lipinski definition) is 2. The smallest absolute Gasteiger partial charge is 0.326 e. The molecule has 16 heavy (non-hydrogen) atoms. The van der Waals surface area contributed by atoms with Gasteiger partial charge in [0.05, 0.1) is 0 Å². The molecule has 4 N–H and O–H groups in total. The molecule has 0 aromatic rings. The van der Waals surface area contributed by atoms with Crippen LogP contribution in [0.5, 0.6) is 0 Å². The van der Waals surface area contributed by atoms with Crippen molar-refractivity contribution in [3.63, 3.8) is 0 Å². The summed E-state index contributed by atoms with van der Waals surface area (Å²) in [4.78, 5) is 21.6. The van der Waals surface area contributed by atoms with E-state index >= 15 is 0 Å². The number of carbonyl (C=O) groups excluding carboxylic acids is 2. The summed E-state index contributed by atoms with van der Waals surface area (Å²) in [6.07, 6.45) is -1.16. The maximum atomic E-state index is 12.8. The molecule has 0 saturated heterocycles. The molecule has 1 amide bonds. The quantitative estimate of drug-likeness (QED) is 0.682. The van der Waals surface area contributed by atoms with Crippen molar-refractivity contribution in [3.8, 4) is 0 Å². The lowest BCUT2D eigenvalue weighted by atomic mass is 10.1. The third-order valence-corrected chi connectivity index (χ3v) is 1.55. The molecule has 0 aromatic heterocycles. The summed E-state index contributed by atoms with van der Waals surface area (Å²) in [6.45, 7) is 4.72. The van der Waals surface area contributed by atoms with Crippen LogP contribution in [-0.2, 0) is 14.3 Å². The Morgan fingerprint density at radius 2 is 1.75 bits per heavy atom. The molecule has 5 nitrogen and oxygen atoms in total. The van der Waals surface area contributed by atoms with Crippen LogP contribution in [-0.4, -0.2) is 29.4 Å². The van der Waals surface area contributed by atoms with Gasteiger partial charge < -0.3 is 16.2 Å². The highest BCUT2D eigenvalue weighted by Gasteiger charge is 2.41. The van der Waals surface area contributed by atoms with Crippen molar-refractivity contribution in [2.24, 2.45) is 11.5 Å². The summed E-state index contributed by atoms with van der Waals surface area (Å²) in [7, 11) is 0. The number of alkyl halides is 2. The SMILES string of the molecule is CC(C)(C)OC(=O)C(N)CC(F)(F)C(N)=O. The van der Waals surface area contributed by atoms with Gasteiger partial charge >= 0.3 is 11.9 Å². The lowest BCUT2D eigenvalue weighted by Gasteiger charge is -2.23. The van der Waals surface area contributed by atoms with Gasteiger partial charge in [0.1, 0.15) is 11.6 Å². The van der Waals surface area contributed by atoms with Crippen molar-refractivity contribution >= 4 is 11.9 Å². The number of amides is 1. The highest BCUT2D eigenvalue weighted by molar-refractivity contribution is 5.83. The summed E-state index contributed by atoms with van der Waals surface area (Å²) in [5, 5.41) is 0. The average molecular weight is 238 g/mol. The van der Waals surface area contributed by atoms with Gasteiger partial charge in [0, 0.05) is 6.42 Å². The first kappa shape index (κ1) is 14.8. The second-order valence-electron chi connectivity index (χ2n) is 4.41. The van der Waals surface area contributed by atoms with Gasteiger partial charge in [-0.3, -0.25) is 9.59 Å². The molecule has 0 aliphatic rings. The number of ether oxygens (including phenoxy) is 1. The minimum absolute atomic E-state index is 0.823. The van der Waals surface area contributed by atoms with Gasteiger partial charge in [-0.25, -0.2) is 0 Å². The molecule has 0 aliphatic carbocycles. The fourth-order valence-corrected chi connectivity index (χ4v) is 0.838. The third-order valence-electron chi connectivity index (χ3n) is 1.55. The Kier molecular flexibility index (Phi) is 4.36. The van der Waals surface area contributed by atoms with Crippen LogP contribution in [0.15, 0.2) is 0 Å². The maximum Gasteiger partial charge on any atom is 0.326 e. The Bertz CT molecular complexity index is 287. The van der Waals surface area contributed by atoms with E-state index in [4.69, 9.17) is 10.5 Å². The largest absolute Gasteiger partial charge is 0.459 e. The van der Waals surface area contributed by atoms with Gasteiger partial charge in [0.2, 0.25) is 0 Å². The minimum Gasteiger partial charge on any atom is -0.459 e. The van der Waals surface area contributed by atoms with Crippen LogP contribution in [0, 0.1) is 0 Å². The van der Waals surface area contributed by atoms with Crippen molar-refractivity contribution in [2.45, 2.75) is 44.8 Å². The zero-order valence-corrected chi connectivity index (χ0v) is 9.42. The number of primary amides is 1. The van der Waals surface area contributed by atoms with Crippen molar-refractivity contribution < 1.29 is 23.1 Å². The standard InChI is InChI=1S/C9H16F2N2O3/c1-8(2,3)16-6(14)5(12)4-9(10,11)7(13)15/h5H,4,12H2,1-3H3,(H2,13,15). The number of hydrogen-bond acceptors (Lipinski definition) is 4. The summed E-state index contributed by atoms with van der Waals surface area (Å²) < 4.78 is 30.4. The van der Waals surface area contributed by atoms with Crippen LogP contribution in [0.4, 0.5) is 8.78 Å². The summed E-state index contributed by atoms with van der Waals surface area (Å²) >= 11 is 0. The molecule has 0 bridgehead atoms. The predicted octanol–water partition coefficient (Wildman–Crippen LogP) is 0.166. The maximum absolute atomic E-state index is 12.8. The van der Waals surface area contributed by atoms with E-state index in [-0.39, 0.29) is 0 Å². The van der Waals surface area contributed by atoms with Crippen LogP contribution in [0.3, 0.4) is 0 Å². The molecule has 7 heteroatoms. The van der Waals surface area contributed by atoms with Crippen molar-refractivity contribution in [2.75, 3.05) is 0 Å². The number of carbonyl (C=O) groups is 2. The zero-order chi connectivity index (χ0) is 13.1. The molecule has 0 spiro atoms. The summed E-state index contributed by atoms with van der Waals surface area (Å²) in [5.74, 6) is -6.61. The van der Waals surface area contributed by atoms with Gasteiger partial charge in [0.25, 0.3) is 5.91 Å². The Balaban J connectivity index is 4.43. The zero-order valence-electron chi connectivity index (χ0n) is 9.42. The molecule has 0 aliphatic heterocycles. The number of esters is 1. The molecule has 0 fully saturated rings. The third kappa shape index (κ3) is 5.01. The molecule has 0 rings (SSSR count). The highest BCUT2D eigenvalue weighted by Crippen LogP contribution is 2.20. The molecular weight excluding hydrogens is 222 g/mol. The van der Waals surface area contributed by atoms with E-state index in [1.807, 2.05) is 0 Å². The average Bonchev–Trinajstić information content (AvgIpc) is 1.99. The highest BCUT2D eigenvalue weighted by atomic mass is 19.3. The first-order chi connectivity index (χ1) is 6.96. The van der Waals surface area contributed by atoms with Gasteiger partial charge in [0.15, 0.2) is 0 Å². The van der Waals surface area contributed by atoms with Crippen LogP contribution >= 0.6 is 0 Å². The van der Waals surface area contributed by atoms with E-state index in [1.54, 1.807) is 20.8 Å². The van der Waals surface area contributed by atoms with E-state index in [2.05, 4.69) is 5.73 Å². The Morgan fingerprint density at radius 1 is 1.31 bits per heavy atom. The normalized spacial score (nSPS) is 14.4. The lowest BCUT2D eigenvalue weighted by molar-refractivity contribution is -0.160. The first-order valence-electron chi connectivity index (χ1n) is 4.62. The van der Waals surface area contributed by atoms with Gasteiger partial charge in [-0.1, -0.05) is 0 Å². The molecule has 0 radical (unpaired) electrons. The monoisotopic (exact) mass is 238 g/mol. The number of rotatable bonds is 4. The van der Waals surface area contributed by atoms with E-state index in [9.17, 15) is 18.4 Å². The van der Waals surface area contributed by atoms with Crippen molar-refractivity contribution in [1.82, 2.24) is 0 Å². The summed E-state index contributed by atoms with van der Waals surface area (Å²) in [5.41, 5.74) is 8.81. The van der Waals surface area contributed by atoms with Gasteiger partial charge in [-0.15, -0.1) is 0 Å². The van der Waals surface area contributed by atoms with E-state index in [1.165, 1.54) is 0 Å². The number of halogens is 2. The van der Waals surface area contributed by atoms with E-state index in [0.29, 0.717) is 0 Å². The van der Waals surface area contributed by atoms with E-state index < -0.39 is 35.9 Å². The fraction of sp³-hybridized carbons (Fsp3) is 0.778. The Labute approximate surface area is 92.1 Å². The van der Waals surface area contributed by atoms with Gasteiger partial charge in [-0.05, 0) is 20.8 Å². The molecule has 0 heterocycles. The van der Waals surface area contributed by atoms with Crippen molar-refractivity contribution in [3.05, 3.63) is 0 Å². The Morgan fingerprint density at radius 3 is 2.06 bits per heavy atom. The van der Waals surface area contributed by atoms with Crippen LogP contribution in [0.1, 0.15) is 27.2 Å². The topological polar surface area (TPSA) is 95.4 Å². The fourth-order valence-electron chi connectivity index (χ4n) is 0.838. The summed E-state index contributed by atoms with van der Waals surface area (Å²) in [6, 6.07) is -1.58. The second-order valence-corrected chi connectivity index (χ2v) is 4.41. The lowest BCUT2D eigenvalue weighted by Crippen LogP contribution is -2.45. The molecular formula is C9H16F2N2O3. The molecule has 0 aromatic carbocycles. The van der Waals surface area contributed by atoms with Crippen LogP contribution < -0.4 is 11.5 Å².